The summed E-state index contributed by atoms with van der Waals surface area (Å²) in [6.07, 6.45) is 3.20. The molecule has 8 nitrogen and oxygen atoms in total. The van der Waals surface area contributed by atoms with Gasteiger partial charge in [-0.2, -0.15) is 0 Å². The number of benzene rings is 2. The van der Waals surface area contributed by atoms with Crippen molar-refractivity contribution in [2.75, 3.05) is 30.8 Å². The molecular formula is C25H34BrN3O5S. The molecule has 0 saturated heterocycles. The second kappa shape index (κ2) is 13.5. The van der Waals surface area contributed by atoms with Crippen LogP contribution in [0.25, 0.3) is 0 Å². The van der Waals surface area contributed by atoms with E-state index in [9.17, 15) is 18.0 Å². The number of hydrogen-bond acceptors (Lipinski definition) is 5. The van der Waals surface area contributed by atoms with Crippen molar-refractivity contribution in [3.63, 3.8) is 0 Å². The molecule has 0 spiro atoms. The Morgan fingerprint density at radius 1 is 1.09 bits per heavy atom. The third kappa shape index (κ3) is 8.24. The lowest BCUT2D eigenvalue weighted by Crippen LogP contribution is -2.52. The Labute approximate surface area is 216 Å². The van der Waals surface area contributed by atoms with E-state index in [0.29, 0.717) is 28.9 Å². The van der Waals surface area contributed by atoms with Gasteiger partial charge in [0.2, 0.25) is 21.8 Å². The van der Waals surface area contributed by atoms with Crippen LogP contribution in [-0.2, 0) is 26.2 Å². The van der Waals surface area contributed by atoms with Crippen LogP contribution in [0.3, 0.4) is 0 Å². The molecule has 2 rings (SSSR count). The number of para-hydroxylation sites is 1. The van der Waals surface area contributed by atoms with Gasteiger partial charge in [0.05, 0.1) is 19.1 Å². The van der Waals surface area contributed by atoms with Crippen molar-refractivity contribution in [1.29, 1.82) is 0 Å². The highest BCUT2D eigenvalue weighted by atomic mass is 79.9. The van der Waals surface area contributed by atoms with Gasteiger partial charge in [-0.1, -0.05) is 44.5 Å². The standard InChI is InChI=1S/C25H34BrN3O5S/c1-5-7-16-27-25(31)22(6-2)28(17-19-12-14-20(34-3)15-13-19)24(30)18-29(35(4,32)33)23-11-9-8-10-21(23)26/h8-15,22H,5-7,16-18H2,1-4H3,(H,27,31). The number of methoxy groups -OCH3 is 1. The minimum Gasteiger partial charge on any atom is -0.497 e. The predicted molar refractivity (Wildman–Crippen MR) is 142 cm³/mol. The van der Waals surface area contributed by atoms with Gasteiger partial charge in [-0.15, -0.1) is 0 Å². The lowest BCUT2D eigenvalue weighted by Gasteiger charge is -2.33. The first-order valence-electron chi connectivity index (χ1n) is 11.5. The first kappa shape index (κ1) is 28.6. The number of amides is 2. The highest BCUT2D eigenvalue weighted by molar-refractivity contribution is 9.10. The number of unbranched alkanes of at least 4 members (excludes halogenated alkanes) is 1. The molecule has 35 heavy (non-hydrogen) atoms. The first-order valence-corrected chi connectivity index (χ1v) is 14.2. The minimum absolute atomic E-state index is 0.149. The van der Waals surface area contributed by atoms with Gasteiger partial charge in [-0.25, -0.2) is 8.42 Å². The number of rotatable bonds is 13. The molecule has 0 saturated carbocycles. The maximum Gasteiger partial charge on any atom is 0.244 e. The van der Waals surface area contributed by atoms with E-state index in [1.807, 2.05) is 26.0 Å². The van der Waals surface area contributed by atoms with Gasteiger partial charge in [0.15, 0.2) is 0 Å². The Hall–Kier alpha value is -2.59. The SMILES string of the molecule is CCCCNC(=O)C(CC)N(Cc1ccc(OC)cc1)C(=O)CN(c1ccccc1Br)S(C)(=O)=O. The van der Waals surface area contributed by atoms with Gasteiger partial charge in [-0.05, 0) is 58.6 Å². The number of carbonyl (C=O) groups excluding carboxylic acids is 2. The molecule has 0 radical (unpaired) electrons. The van der Waals surface area contributed by atoms with Crippen LogP contribution < -0.4 is 14.4 Å². The van der Waals surface area contributed by atoms with Gasteiger partial charge in [0.25, 0.3) is 0 Å². The number of halogens is 1. The van der Waals surface area contributed by atoms with Crippen molar-refractivity contribution in [3.8, 4) is 5.75 Å². The number of nitrogens with zero attached hydrogens (tertiary/aromatic N) is 2. The Morgan fingerprint density at radius 2 is 1.74 bits per heavy atom. The van der Waals surface area contributed by atoms with Crippen LogP contribution in [0.2, 0.25) is 0 Å². The molecule has 1 N–H and O–H groups in total. The van der Waals surface area contributed by atoms with Gasteiger partial charge >= 0.3 is 0 Å². The lowest BCUT2D eigenvalue weighted by molar-refractivity contribution is -0.140. The van der Waals surface area contributed by atoms with E-state index in [0.717, 1.165) is 29.0 Å². The van der Waals surface area contributed by atoms with E-state index >= 15 is 0 Å². The van der Waals surface area contributed by atoms with Crippen LogP contribution in [0.1, 0.15) is 38.7 Å². The summed E-state index contributed by atoms with van der Waals surface area (Å²) in [6, 6.07) is 13.3. The third-order valence-electron chi connectivity index (χ3n) is 5.53. The maximum atomic E-state index is 13.6. The fourth-order valence-corrected chi connectivity index (χ4v) is 5.08. The van der Waals surface area contributed by atoms with E-state index in [2.05, 4.69) is 21.2 Å². The average molecular weight is 569 g/mol. The number of anilines is 1. The Bertz CT molecular complexity index is 1090. The van der Waals surface area contributed by atoms with Gasteiger partial charge in [0.1, 0.15) is 18.3 Å². The van der Waals surface area contributed by atoms with Crippen LogP contribution >= 0.6 is 15.9 Å². The number of nitrogens with one attached hydrogen (secondary N) is 1. The molecule has 192 valence electrons. The highest BCUT2D eigenvalue weighted by Crippen LogP contribution is 2.28. The molecule has 10 heteroatoms. The summed E-state index contributed by atoms with van der Waals surface area (Å²) < 4.78 is 32.1. The number of carbonyl (C=O) groups is 2. The topological polar surface area (TPSA) is 96.0 Å². The number of hydrogen-bond donors (Lipinski definition) is 1. The second-order valence-corrected chi connectivity index (χ2v) is 10.9. The van der Waals surface area contributed by atoms with E-state index in [4.69, 9.17) is 4.74 Å². The predicted octanol–water partition coefficient (Wildman–Crippen LogP) is 3.95. The molecule has 0 aliphatic carbocycles. The van der Waals surface area contributed by atoms with E-state index in [-0.39, 0.29) is 12.5 Å². The Balaban J connectivity index is 2.41. The Kier molecular flexibility index (Phi) is 11.0. The minimum atomic E-state index is -3.78. The van der Waals surface area contributed by atoms with Crippen LogP contribution in [0.5, 0.6) is 5.75 Å². The van der Waals surface area contributed by atoms with Crippen molar-refractivity contribution in [2.24, 2.45) is 0 Å². The zero-order valence-corrected chi connectivity index (χ0v) is 23.1. The smallest absolute Gasteiger partial charge is 0.244 e. The summed E-state index contributed by atoms with van der Waals surface area (Å²) in [5.41, 5.74) is 1.15. The zero-order valence-electron chi connectivity index (χ0n) is 20.7. The van der Waals surface area contributed by atoms with Crippen LogP contribution in [0.15, 0.2) is 53.0 Å². The monoisotopic (exact) mass is 567 g/mol. The van der Waals surface area contributed by atoms with Crippen molar-refractivity contribution in [1.82, 2.24) is 10.2 Å². The molecular weight excluding hydrogens is 534 g/mol. The summed E-state index contributed by atoms with van der Waals surface area (Å²) in [5, 5.41) is 2.91. The number of sulfonamides is 1. The summed E-state index contributed by atoms with van der Waals surface area (Å²) in [6.45, 7) is 4.10. The summed E-state index contributed by atoms with van der Waals surface area (Å²) in [7, 11) is -2.21. The lowest BCUT2D eigenvalue weighted by atomic mass is 10.1. The molecule has 1 atom stereocenters. The van der Waals surface area contributed by atoms with Crippen molar-refractivity contribution >= 4 is 43.5 Å². The molecule has 0 fully saturated rings. The summed E-state index contributed by atoms with van der Waals surface area (Å²) >= 11 is 3.38. The first-order chi connectivity index (χ1) is 16.6. The second-order valence-electron chi connectivity index (χ2n) is 8.16. The van der Waals surface area contributed by atoms with Crippen LogP contribution in [0, 0.1) is 0 Å². The fraction of sp³-hybridized carbons (Fsp3) is 0.440. The van der Waals surface area contributed by atoms with Crippen LogP contribution in [-0.4, -0.2) is 57.6 Å². The van der Waals surface area contributed by atoms with Crippen molar-refractivity contribution in [3.05, 3.63) is 58.6 Å². The van der Waals surface area contributed by atoms with Crippen molar-refractivity contribution in [2.45, 2.75) is 45.7 Å². The molecule has 2 amide bonds. The molecule has 1 unspecified atom stereocenters. The van der Waals surface area contributed by atoms with Crippen LogP contribution in [0.4, 0.5) is 5.69 Å². The van der Waals surface area contributed by atoms with Crippen molar-refractivity contribution < 1.29 is 22.7 Å². The third-order valence-corrected chi connectivity index (χ3v) is 7.32. The molecule has 0 bridgehead atoms. The van der Waals surface area contributed by atoms with E-state index in [1.54, 1.807) is 43.5 Å². The molecule has 0 aliphatic heterocycles. The van der Waals surface area contributed by atoms with Gasteiger partial charge < -0.3 is 15.0 Å². The molecule has 2 aromatic rings. The zero-order chi connectivity index (χ0) is 26.0. The molecule has 0 heterocycles. The maximum absolute atomic E-state index is 13.6. The fourth-order valence-electron chi connectivity index (χ4n) is 3.60. The average Bonchev–Trinajstić information content (AvgIpc) is 2.82. The Morgan fingerprint density at radius 3 is 2.29 bits per heavy atom. The van der Waals surface area contributed by atoms with E-state index < -0.39 is 28.5 Å². The summed E-state index contributed by atoms with van der Waals surface area (Å²) in [5.74, 6) is -0.0535. The van der Waals surface area contributed by atoms with Gasteiger partial charge in [-0.3, -0.25) is 13.9 Å². The molecule has 0 aliphatic rings. The largest absolute Gasteiger partial charge is 0.497 e. The normalized spacial score (nSPS) is 12.0. The van der Waals surface area contributed by atoms with Gasteiger partial charge in [0, 0.05) is 17.6 Å². The van der Waals surface area contributed by atoms with E-state index in [1.165, 1.54) is 4.90 Å². The molecule has 0 aromatic heterocycles. The number of ether oxygens (including phenoxy) is 1. The quantitative estimate of drug-likeness (QED) is 0.370. The summed E-state index contributed by atoms with van der Waals surface area (Å²) in [4.78, 5) is 28.1. The molecule has 2 aromatic carbocycles. The highest BCUT2D eigenvalue weighted by Gasteiger charge is 2.32.